The molecule has 26 heavy (non-hydrogen) atoms. The third kappa shape index (κ3) is 3.53. The van der Waals surface area contributed by atoms with Crippen molar-refractivity contribution in [1.29, 1.82) is 5.26 Å². The Balaban J connectivity index is 2.02. The lowest BCUT2D eigenvalue weighted by molar-refractivity contribution is 0.376. The van der Waals surface area contributed by atoms with Crippen molar-refractivity contribution in [2.24, 2.45) is 0 Å². The van der Waals surface area contributed by atoms with Gasteiger partial charge in [-0.2, -0.15) is 5.26 Å². The van der Waals surface area contributed by atoms with Crippen molar-refractivity contribution in [3.05, 3.63) is 65.2 Å². The van der Waals surface area contributed by atoms with Crippen LogP contribution in [0.25, 0.3) is 11.6 Å². The van der Waals surface area contributed by atoms with Crippen LogP contribution in [-0.2, 0) is 0 Å². The van der Waals surface area contributed by atoms with Gasteiger partial charge in [0.2, 0.25) is 0 Å². The van der Waals surface area contributed by atoms with Gasteiger partial charge in [0.05, 0.1) is 11.6 Å². The minimum absolute atomic E-state index is 0.182. The molecule has 2 aromatic carbocycles. The van der Waals surface area contributed by atoms with E-state index in [1.54, 1.807) is 0 Å². The molecule has 0 radical (unpaired) electrons. The molecule has 0 fully saturated rings. The van der Waals surface area contributed by atoms with Gasteiger partial charge in [-0.1, -0.05) is 50.2 Å². The summed E-state index contributed by atoms with van der Waals surface area (Å²) in [7, 11) is 0. The van der Waals surface area contributed by atoms with Gasteiger partial charge < -0.3 is 4.90 Å². The molecular weight excluding hydrogens is 316 g/mol. The highest BCUT2D eigenvalue weighted by Gasteiger charge is 2.35. The van der Waals surface area contributed by atoms with Crippen LogP contribution in [0.1, 0.15) is 63.1 Å². The van der Waals surface area contributed by atoms with Crippen molar-refractivity contribution >= 4 is 17.3 Å². The van der Waals surface area contributed by atoms with E-state index in [1.807, 2.05) is 36.4 Å². The summed E-state index contributed by atoms with van der Waals surface area (Å²) in [4.78, 5) is 2.55. The van der Waals surface area contributed by atoms with E-state index in [0.29, 0.717) is 11.5 Å². The van der Waals surface area contributed by atoms with Crippen molar-refractivity contribution in [1.82, 2.24) is 0 Å². The van der Waals surface area contributed by atoms with Gasteiger partial charge in [-0.15, -0.1) is 0 Å². The van der Waals surface area contributed by atoms with Gasteiger partial charge in [0.1, 0.15) is 0 Å². The van der Waals surface area contributed by atoms with Crippen LogP contribution in [0.2, 0.25) is 0 Å². The van der Waals surface area contributed by atoms with Gasteiger partial charge in [0.25, 0.3) is 0 Å². The van der Waals surface area contributed by atoms with Gasteiger partial charge >= 0.3 is 0 Å². The number of hydrogen-bond acceptors (Lipinski definition) is 2. The fourth-order valence-corrected chi connectivity index (χ4v) is 4.21. The molecule has 2 aromatic rings. The van der Waals surface area contributed by atoms with E-state index in [1.165, 1.54) is 11.3 Å². The van der Waals surface area contributed by atoms with Gasteiger partial charge in [0, 0.05) is 17.8 Å². The van der Waals surface area contributed by atoms with Crippen LogP contribution >= 0.6 is 0 Å². The smallest absolute Gasteiger partial charge is 0.0998 e. The van der Waals surface area contributed by atoms with Crippen LogP contribution in [0.3, 0.4) is 0 Å². The Morgan fingerprint density at radius 2 is 1.96 bits per heavy atom. The summed E-state index contributed by atoms with van der Waals surface area (Å²) in [5, 5.41) is 9.59. The number of anilines is 1. The third-order valence-electron chi connectivity index (χ3n) is 5.37. The first-order valence-corrected chi connectivity index (χ1v) is 9.55. The first-order valence-electron chi connectivity index (χ1n) is 9.55. The van der Waals surface area contributed by atoms with Crippen molar-refractivity contribution in [2.45, 2.75) is 52.0 Å². The number of fused-ring (bicyclic) bond motifs is 1. The van der Waals surface area contributed by atoms with Crippen LogP contribution in [0.4, 0.5) is 5.69 Å². The zero-order valence-corrected chi connectivity index (χ0v) is 16.3. The maximum atomic E-state index is 9.59. The summed E-state index contributed by atoms with van der Waals surface area (Å²) in [6, 6.07) is 18.9. The van der Waals surface area contributed by atoms with E-state index in [-0.39, 0.29) is 5.54 Å². The van der Waals surface area contributed by atoms with Crippen LogP contribution in [0, 0.1) is 11.3 Å². The Bertz CT molecular complexity index is 840. The van der Waals surface area contributed by atoms with Crippen molar-refractivity contribution in [2.75, 3.05) is 11.4 Å². The molecule has 0 bridgehead atoms. The Labute approximate surface area is 157 Å². The fourth-order valence-electron chi connectivity index (χ4n) is 4.21. The number of nitriles is 1. The molecule has 2 heteroatoms. The van der Waals surface area contributed by atoms with E-state index < -0.39 is 0 Å². The molecular formula is C24H28N2. The number of nitrogens with zero attached hydrogens (tertiary/aromatic N) is 2. The Kier molecular flexibility index (Phi) is 5.18. The van der Waals surface area contributed by atoms with Gasteiger partial charge in [-0.05, 0) is 67.5 Å². The average molecular weight is 345 g/mol. The van der Waals surface area contributed by atoms with E-state index >= 15 is 0 Å². The SMILES string of the molecule is CCCN1c2ccc(/C=C(/C#N)c3ccccc3)cc2C(C)CC1(C)C. The standard InChI is InChI=1S/C24H28N2/c1-5-13-26-23-12-11-19(15-22(23)18(2)16-24(26,3)4)14-21(17-25)20-9-7-6-8-10-20/h6-12,14-15,18H,5,13,16H2,1-4H3/b21-14-. The first-order chi connectivity index (χ1) is 12.5. The summed E-state index contributed by atoms with van der Waals surface area (Å²) in [5.41, 5.74) is 5.71. The van der Waals surface area contributed by atoms with E-state index in [2.05, 4.69) is 56.9 Å². The van der Waals surface area contributed by atoms with Crippen LogP contribution in [0.5, 0.6) is 0 Å². The molecule has 1 aliphatic heterocycles. The molecule has 0 aromatic heterocycles. The predicted octanol–water partition coefficient (Wildman–Crippen LogP) is 6.25. The lowest BCUT2D eigenvalue weighted by atomic mass is 9.79. The summed E-state index contributed by atoms with van der Waals surface area (Å²) in [6.07, 6.45) is 4.30. The maximum absolute atomic E-state index is 9.59. The highest BCUT2D eigenvalue weighted by Crippen LogP contribution is 2.43. The Morgan fingerprint density at radius 3 is 2.62 bits per heavy atom. The molecule has 0 spiro atoms. The molecule has 2 nitrogen and oxygen atoms in total. The van der Waals surface area contributed by atoms with Crippen LogP contribution in [-0.4, -0.2) is 12.1 Å². The second-order valence-electron chi connectivity index (χ2n) is 7.92. The molecule has 0 saturated carbocycles. The number of benzene rings is 2. The monoisotopic (exact) mass is 344 g/mol. The highest BCUT2D eigenvalue weighted by molar-refractivity contribution is 5.90. The largest absolute Gasteiger partial charge is 0.366 e. The van der Waals surface area contributed by atoms with Gasteiger partial charge in [-0.3, -0.25) is 0 Å². The second kappa shape index (κ2) is 7.38. The summed E-state index contributed by atoms with van der Waals surface area (Å²) >= 11 is 0. The van der Waals surface area contributed by atoms with Gasteiger partial charge in [-0.25, -0.2) is 0 Å². The van der Waals surface area contributed by atoms with Crippen molar-refractivity contribution in [3.63, 3.8) is 0 Å². The maximum Gasteiger partial charge on any atom is 0.0998 e. The molecule has 1 atom stereocenters. The average Bonchev–Trinajstić information content (AvgIpc) is 2.63. The number of allylic oxidation sites excluding steroid dienone is 1. The molecule has 1 unspecified atom stereocenters. The number of hydrogen-bond donors (Lipinski definition) is 0. The lowest BCUT2D eigenvalue weighted by Gasteiger charge is -2.47. The van der Waals surface area contributed by atoms with Gasteiger partial charge in [0.15, 0.2) is 0 Å². The lowest BCUT2D eigenvalue weighted by Crippen LogP contribution is -2.48. The quantitative estimate of drug-likeness (QED) is 0.484. The van der Waals surface area contributed by atoms with E-state index in [0.717, 1.165) is 30.5 Å². The summed E-state index contributed by atoms with van der Waals surface area (Å²) in [6.45, 7) is 10.3. The van der Waals surface area contributed by atoms with Crippen LogP contribution in [0.15, 0.2) is 48.5 Å². The molecule has 0 amide bonds. The molecule has 0 saturated heterocycles. The molecule has 134 valence electrons. The zero-order chi connectivity index (χ0) is 18.7. The van der Waals surface area contributed by atoms with Crippen LogP contribution < -0.4 is 4.90 Å². The van der Waals surface area contributed by atoms with Crippen molar-refractivity contribution < 1.29 is 0 Å². The zero-order valence-electron chi connectivity index (χ0n) is 16.3. The normalized spacial score (nSPS) is 19.0. The summed E-state index contributed by atoms with van der Waals surface area (Å²) in [5.74, 6) is 0.517. The predicted molar refractivity (Wildman–Crippen MR) is 111 cm³/mol. The minimum atomic E-state index is 0.182. The Hall–Kier alpha value is -2.53. The molecule has 0 aliphatic carbocycles. The van der Waals surface area contributed by atoms with E-state index in [4.69, 9.17) is 0 Å². The number of rotatable bonds is 4. The molecule has 3 rings (SSSR count). The molecule has 1 aliphatic rings. The van der Waals surface area contributed by atoms with E-state index in [9.17, 15) is 5.26 Å². The molecule has 1 heterocycles. The molecule has 0 N–H and O–H groups in total. The van der Waals surface area contributed by atoms with Crippen molar-refractivity contribution in [3.8, 4) is 6.07 Å². The minimum Gasteiger partial charge on any atom is -0.366 e. The first kappa shape index (κ1) is 18.3. The topological polar surface area (TPSA) is 27.0 Å². The second-order valence-corrected chi connectivity index (χ2v) is 7.92. The Morgan fingerprint density at radius 1 is 1.23 bits per heavy atom. The fraction of sp³-hybridized carbons (Fsp3) is 0.375. The third-order valence-corrected chi connectivity index (χ3v) is 5.37. The highest BCUT2D eigenvalue weighted by atomic mass is 15.2. The summed E-state index contributed by atoms with van der Waals surface area (Å²) < 4.78 is 0.